The molecular weight excluding hydrogens is 390 g/mol. The third kappa shape index (κ3) is 5.24. The first-order chi connectivity index (χ1) is 13.9. The van der Waals surface area contributed by atoms with E-state index in [-0.39, 0.29) is 16.5 Å². The zero-order valence-corrected chi connectivity index (χ0v) is 17.6. The van der Waals surface area contributed by atoms with Crippen LogP contribution in [0.3, 0.4) is 0 Å². The van der Waals surface area contributed by atoms with Crippen molar-refractivity contribution in [3.8, 4) is 0 Å². The van der Waals surface area contributed by atoms with Crippen molar-refractivity contribution in [1.29, 1.82) is 0 Å². The predicted molar refractivity (Wildman–Crippen MR) is 114 cm³/mol. The van der Waals surface area contributed by atoms with Crippen molar-refractivity contribution in [1.82, 2.24) is 15.6 Å². The lowest BCUT2D eigenvalue weighted by Gasteiger charge is -2.30. The van der Waals surface area contributed by atoms with E-state index in [1.807, 2.05) is 18.7 Å². The van der Waals surface area contributed by atoms with E-state index in [9.17, 15) is 13.2 Å². The summed E-state index contributed by atoms with van der Waals surface area (Å²) in [6.07, 6.45) is 2.27. The first-order valence-corrected chi connectivity index (χ1v) is 11.2. The molecule has 0 radical (unpaired) electrons. The molecule has 8 nitrogen and oxygen atoms in total. The molecule has 1 fully saturated rings. The van der Waals surface area contributed by atoms with E-state index in [1.165, 1.54) is 6.20 Å². The van der Waals surface area contributed by atoms with Crippen molar-refractivity contribution in [2.45, 2.75) is 25.2 Å². The highest BCUT2D eigenvalue weighted by Crippen LogP contribution is 2.24. The van der Waals surface area contributed by atoms with E-state index < -0.39 is 10.0 Å². The lowest BCUT2D eigenvalue weighted by atomic mass is 10.2. The second kappa shape index (κ2) is 9.23. The van der Waals surface area contributed by atoms with Gasteiger partial charge in [-0.2, -0.15) is 0 Å². The number of benzene rings is 1. The van der Waals surface area contributed by atoms with Gasteiger partial charge in [-0.25, -0.2) is 13.4 Å². The van der Waals surface area contributed by atoms with Crippen LogP contribution in [-0.4, -0.2) is 52.0 Å². The number of amides is 1. The standard InChI is InChI=1S/C20H27N5O3S/c1-3-8-22-20(26)18-13-16(14-23-19(18)25-11-9-21-10-12-25)24-29(27,28)17-6-4-15(2)5-7-17/h4-7,13-14,21,24H,3,8-12H2,1-2H3,(H,22,26). The molecule has 1 aliphatic heterocycles. The number of carbonyl (C=O) groups excluding carboxylic acids is 1. The Bertz CT molecular complexity index is 955. The molecule has 0 atom stereocenters. The van der Waals surface area contributed by atoms with Crippen molar-refractivity contribution in [3.63, 3.8) is 0 Å². The molecule has 29 heavy (non-hydrogen) atoms. The smallest absolute Gasteiger partial charge is 0.261 e. The Balaban J connectivity index is 1.91. The number of nitrogens with one attached hydrogen (secondary N) is 3. The molecule has 0 spiro atoms. The van der Waals surface area contributed by atoms with Gasteiger partial charge in [-0.05, 0) is 31.5 Å². The van der Waals surface area contributed by atoms with E-state index in [0.717, 1.165) is 38.2 Å². The van der Waals surface area contributed by atoms with Crippen LogP contribution in [0.4, 0.5) is 11.5 Å². The van der Waals surface area contributed by atoms with Crippen molar-refractivity contribution in [2.75, 3.05) is 42.3 Å². The van der Waals surface area contributed by atoms with Gasteiger partial charge in [0.05, 0.1) is 22.3 Å². The maximum atomic E-state index is 12.7. The number of hydrogen-bond acceptors (Lipinski definition) is 6. The van der Waals surface area contributed by atoms with Crippen LogP contribution in [0.5, 0.6) is 0 Å². The Hall–Kier alpha value is -2.65. The van der Waals surface area contributed by atoms with Crippen LogP contribution in [0.2, 0.25) is 0 Å². The maximum Gasteiger partial charge on any atom is 0.261 e. The molecule has 0 unspecified atom stereocenters. The minimum atomic E-state index is -3.77. The monoisotopic (exact) mass is 417 g/mol. The molecule has 1 saturated heterocycles. The normalized spacial score (nSPS) is 14.5. The Labute approximate surface area is 171 Å². The van der Waals surface area contributed by atoms with Crippen molar-refractivity contribution >= 4 is 27.4 Å². The van der Waals surface area contributed by atoms with Gasteiger partial charge >= 0.3 is 0 Å². The van der Waals surface area contributed by atoms with Gasteiger partial charge in [0.1, 0.15) is 5.82 Å². The zero-order chi connectivity index (χ0) is 20.9. The number of anilines is 2. The van der Waals surface area contributed by atoms with Crippen LogP contribution in [-0.2, 0) is 10.0 Å². The van der Waals surface area contributed by atoms with Crippen LogP contribution in [0, 0.1) is 6.92 Å². The van der Waals surface area contributed by atoms with E-state index in [4.69, 9.17) is 0 Å². The van der Waals surface area contributed by atoms with Gasteiger partial charge in [0, 0.05) is 32.7 Å². The van der Waals surface area contributed by atoms with E-state index in [2.05, 4.69) is 20.3 Å². The molecule has 0 saturated carbocycles. The second-order valence-electron chi connectivity index (χ2n) is 7.01. The van der Waals surface area contributed by atoms with Gasteiger partial charge < -0.3 is 15.5 Å². The molecule has 1 aromatic heterocycles. The van der Waals surface area contributed by atoms with Crippen LogP contribution in [0.15, 0.2) is 41.4 Å². The molecule has 0 aliphatic carbocycles. The molecule has 0 bridgehead atoms. The Kier molecular flexibility index (Phi) is 6.71. The summed E-state index contributed by atoms with van der Waals surface area (Å²) in [5.74, 6) is 0.308. The highest BCUT2D eigenvalue weighted by Gasteiger charge is 2.22. The Morgan fingerprint density at radius 3 is 2.55 bits per heavy atom. The van der Waals surface area contributed by atoms with Gasteiger partial charge in [-0.3, -0.25) is 9.52 Å². The predicted octanol–water partition coefficient (Wildman–Crippen LogP) is 1.74. The summed E-state index contributed by atoms with van der Waals surface area (Å²) in [6.45, 7) is 7.48. The van der Waals surface area contributed by atoms with E-state index >= 15 is 0 Å². The van der Waals surface area contributed by atoms with Gasteiger partial charge in [0.25, 0.3) is 15.9 Å². The quantitative estimate of drug-likeness (QED) is 0.634. The zero-order valence-electron chi connectivity index (χ0n) is 16.7. The number of piperazine rings is 1. The van der Waals surface area contributed by atoms with Crippen LogP contribution in [0.1, 0.15) is 29.3 Å². The Morgan fingerprint density at radius 2 is 1.90 bits per heavy atom. The molecule has 1 amide bonds. The molecule has 1 aliphatic rings. The fourth-order valence-electron chi connectivity index (χ4n) is 3.07. The first kappa shape index (κ1) is 21.1. The molecule has 3 rings (SSSR count). The number of sulfonamides is 1. The highest BCUT2D eigenvalue weighted by molar-refractivity contribution is 7.92. The summed E-state index contributed by atoms with van der Waals surface area (Å²) in [5, 5.41) is 6.13. The fourth-order valence-corrected chi connectivity index (χ4v) is 4.11. The SMILES string of the molecule is CCCNC(=O)c1cc(NS(=O)(=O)c2ccc(C)cc2)cnc1N1CCNCC1. The largest absolute Gasteiger partial charge is 0.353 e. The van der Waals surface area contributed by atoms with E-state index in [1.54, 1.807) is 30.3 Å². The van der Waals surface area contributed by atoms with Gasteiger partial charge in [-0.15, -0.1) is 0 Å². The van der Waals surface area contributed by atoms with Crippen LogP contribution < -0.4 is 20.3 Å². The number of carbonyl (C=O) groups is 1. The third-order valence-corrected chi connectivity index (χ3v) is 6.04. The first-order valence-electron chi connectivity index (χ1n) is 9.74. The minimum absolute atomic E-state index is 0.159. The van der Waals surface area contributed by atoms with Crippen LogP contribution in [0.25, 0.3) is 0 Å². The molecule has 2 heterocycles. The van der Waals surface area contributed by atoms with Gasteiger partial charge in [0.15, 0.2) is 0 Å². The topological polar surface area (TPSA) is 103 Å². The number of pyridine rings is 1. The van der Waals surface area contributed by atoms with Crippen LogP contribution >= 0.6 is 0 Å². The van der Waals surface area contributed by atoms with Crippen molar-refractivity contribution < 1.29 is 13.2 Å². The summed E-state index contributed by atoms with van der Waals surface area (Å²) in [4.78, 5) is 19.4. The molecular formula is C20H27N5O3S. The number of nitrogens with zero attached hydrogens (tertiary/aromatic N) is 2. The summed E-state index contributed by atoms with van der Waals surface area (Å²) in [6, 6.07) is 8.14. The lowest BCUT2D eigenvalue weighted by Crippen LogP contribution is -2.44. The van der Waals surface area contributed by atoms with Crippen molar-refractivity contribution in [3.05, 3.63) is 47.7 Å². The minimum Gasteiger partial charge on any atom is -0.353 e. The molecule has 3 N–H and O–H groups in total. The average molecular weight is 418 g/mol. The summed E-state index contributed by atoms with van der Waals surface area (Å²) in [5.41, 5.74) is 1.59. The molecule has 9 heteroatoms. The summed E-state index contributed by atoms with van der Waals surface area (Å²) < 4.78 is 27.9. The molecule has 156 valence electrons. The number of rotatable bonds is 7. The fraction of sp³-hybridized carbons (Fsp3) is 0.400. The van der Waals surface area contributed by atoms with Gasteiger partial charge in [0.2, 0.25) is 0 Å². The second-order valence-corrected chi connectivity index (χ2v) is 8.69. The van der Waals surface area contributed by atoms with Gasteiger partial charge in [-0.1, -0.05) is 24.6 Å². The number of hydrogen-bond donors (Lipinski definition) is 3. The maximum absolute atomic E-state index is 12.7. The van der Waals surface area contributed by atoms with Crippen molar-refractivity contribution in [2.24, 2.45) is 0 Å². The lowest BCUT2D eigenvalue weighted by molar-refractivity contribution is 0.0953. The summed E-state index contributed by atoms with van der Waals surface area (Å²) in [7, 11) is -3.77. The Morgan fingerprint density at radius 1 is 1.21 bits per heavy atom. The summed E-state index contributed by atoms with van der Waals surface area (Å²) >= 11 is 0. The number of aryl methyl sites for hydroxylation is 1. The molecule has 2 aromatic rings. The highest BCUT2D eigenvalue weighted by atomic mass is 32.2. The molecule has 1 aromatic carbocycles. The number of aromatic nitrogens is 1. The third-order valence-electron chi connectivity index (χ3n) is 4.65. The average Bonchev–Trinajstić information content (AvgIpc) is 2.72. The van der Waals surface area contributed by atoms with E-state index in [0.29, 0.717) is 17.9 Å².